The highest BCUT2D eigenvalue weighted by molar-refractivity contribution is 5.27. The van der Waals surface area contributed by atoms with Crippen molar-refractivity contribution in [3.8, 4) is 0 Å². The van der Waals surface area contributed by atoms with Crippen LogP contribution in [0.25, 0.3) is 0 Å². The van der Waals surface area contributed by atoms with Crippen LogP contribution in [0, 0.1) is 5.92 Å². The minimum Gasteiger partial charge on any atom is -0.0630 e. The van der Waals surface area contributed by atoms with Gasteiger partial charge in [-0.3, -0.25) is 0 Å². The average Bonchev–Trinajstić information content (AvgIpc) is 2.55. The van der Waals surface area contributed by atoms with Gasteiger partial charge < -0.3 is 0 Å². The molecule has 0 aliphatic carbocycles. The van der Waals surface area contributed by atoms with Gasteiger partial charge in [-0.25, -0.2) is 0 Å². The Hall–Kier alpha value is -1.56. The zero-order chi connectivity index (χ0) is 19.4. The second-order valence-corrected chi connectivity index (χ2v) is 8.28. The average molecular weight is 341 g/mol. The lowest BCUT2D eigenvalue weighted by molar-refractivity contribution is 0.737. The minimum atomic E-state index is 0.642. The van der Waals surface area contributed by atoms with Gasteiger partial charge in [-0.05, 0) is 40.4 Å². The minimum absolute atomic E-state index is 0.642. The van der Waals surface area contributed by atoms with Gasteiger partial charge in [0, 0.05) is 0 Å². The van der Waals surface area contributed by atoms with Gasteiger partial charge in [0.25, 0.3) is 0 Å². The van der Waals surface area contributed by atoms with E-state index in [0.717, 1.165) is 5.92 Å². The fourth-order valence-corrected chi connectivity index (χ4v) is 2.12. The van der Waals surface area contributed by atoms with Crippen LogP contribution in [0.5, 0.6) is 0 Å². The van der Waals surface area contributed by atoms with Crippen LogP contribution in [0.1, 0.15) is 96.8 Å². The SMILES string of the molecule is CC(C)C.CC(C)c1cccc(C(C)C)c1.CC(C)c1ccccc1. The van der Waals surface area contributed by atoms with Gasteiger partial charge in [0.1, 0.15) is 0 Å². The van der Waals surface area contributed by atoms with Crippen LogP contribution in [0.15, 0.2) is 54.6 Å². The first kappa shape index (κ1) is 23.4. The lowest BCUT2D eigenvalue weighted by Crippen LogP contribution is -1.91. The lowest BCUT2D eigenvalue weighted by atomic mass is 9.96. The maximum atomic E-state index is 2.31. The van der Waals surface area contributed by atoms with Crippen LogP contribution < -0.4 is 0 Å². The fraction of sp³-hybridized carbons (Fsp3) is 0.520. The Morgan fingerprint density at radius 1 is 0.440 bits per heavy atom. The quantitative estimate of drug-likeness (QED) is 0.526. The third-order valence-electron chi connectivity index (χ3n) is 3.71. The Morgan fingerprint density at radius 3 is 1.04 bits per heavy atom. The molecule has 0 bridgehead atoms. The first-order valence-electron chi connectivity index (χ1n) is 9.79. The van der Waals surface area contributed by atoms with Crippen LogP contribution in [0.2, 0.25) is 0 Å². The molecule has 0 atom stereocenters. The summed E-state index contributed by atoms with van der Waals surface area (Å²) in [5.74, 6) is 2.78. The van der Waals surface area contributed by atoms with Crippen molar-refractivity contribution in [2.75, 3.05) is 0 Å². The van der Waals surface area contributed by atoms with Crippen molar-refractivity contribution in [3.05, 3.63) is 71.3 Å². The molecule has 0 radical (unpaired) electrons. The van der Waals surface area contributed by atoms with Crippen LogP contribution in [-0.2, 0) is 0 Å². The molecular formula is C25H40. The highest BCUT2D eigenvalue weighted by Gasteiger charge is 2.02. The van der Waals surface area contributed by atoms with Gasteiger partial charge in [0.15, 0.2) is 0 Å². The summed E-state index contributed by atoms with van der Waals surface area (Å²) in [5.41, 5.74) is 4.31. The zero-order valence-corrected chi connectivity index (χ0v) is 18.0. The molecule has 0 heteroatoms. The molecule has 0 unspecified atom stereocenters. The van der Waals surface area contributed by atoms with E-state index in [4.69, 9.17) is 0 Å². The molecule has 0 spiro atoms. The predicted molar refractivity (Wildman–Crippen MR) is 116 cm³/mol. The van der Waals surface area contributed by atoms with Gasteiger partial charge in [-0.1, -0.05) is 117 Å². The van der Waals surface area contributed by atoms with Crippen molar-refractivity contribution in [2.45, 2.75) is 80.1 Å². The van der Waals surface area contributed by atoms with E-state index in [2.05, 4.69) is 111 Å². The maximum Gasteiger partial charge on any atom is -0.0219 e. The maximum absolute atomic E-state index is 2.31. The fourth-order valence-electron chi connectivity index (χ4n) is 2.12. The normalized spacial score (nSPS) is 10.4. The Labute approximate surface area is 157 Å². The largest absolute Gasteiger partial charge is 0.0630 e. The number of rotatable bonds is 3. The van der Waals surface area contributed by atoms with Crippen molar-refractivity contribution in [1.82, 2.24) is 0 Å². The molecule has 140 valence electrons. The summed E-state index contributed by atoms with van der Waals surface area (Å²) < 4.78 is 0. The van der Waals surface area contributed by atoms with E-state index in [1.54, 1.807) is 0 Å². The Kier molecular flexibility index (Phi) is 12.0. The van der Waals surface area contributed by atoms with Crippen LogP contribution >= 0.6 is 0 Å². The monoisotopic (exact) mass is 340 g/mol. The Morgan fingerprint density at radius 2 is 0.760 bits per heavy atom. The first-order valence-corrected chi connectivity index (χ1v) is 9.79. The molecule has 0 aliphatic heterocycles. The molecule has 0 N–H and O–H groups in total. The summed E-state index contributed by atoms with van der Waals surface area (Å²) in [6.07, 6.45) is 0. The van der Waals surface area contributed by atoms with E-state index < -0.39 is 0 Å². The molecule has 0 amide bonds. The summed E-state index contributed by atoms with van der Waals surface area (Å²) in [6, 6.07) is 19.4. The zero-order valence-electron chi connectivity index (χ0n) is 18.0. The van der Waals surface area contributed by atoms with E-state index in [1.807, 2.05) is 6.07 Å². The molecule has 0 saturated carbocycles. The van der Waals surface area contributed by atoms with E-state index in [0.29, 0.717) is 17.8 Å². The van der Waals surface area contributed by atoms with Gasteiger partial charge in [-0.15, -0.1) is 0 Å². The van der Waals surface area contributed by atoms with Crippen LogP contribution in [0.3, 0.4) is 0 Å². The highest BCUT2D eigenvalue weighted by atomic mass is 14.1. The molecule has 25 heavy (non-hydrogen) atoms. The Balaban J connectivity index is 0.000000391. The summed E-state index contributed by atoms with van der Waals surface area (Å²) >= 11 is 0. The van der Waals surface area contributed by atoms with Crippen molar-refractivity contribution >= 4 is 0 Å². The molecule has 0 fully saturated rings. The molecule has 0 aliphatic rings. The van der Waals surface area contributed by atoms with Crippen LogP contribution in [-0.4, -0.2) is 0 Å². The third kappa shape index (κ3) is 11.6. The highest BCUT2D eigenvalue weighted by Crippen LogP contribution is 2.20. The van der Waals surface area contributed by atoms with Crippen molar-refractivity contribution in [3.63, 3.8) is 0 Å². The number of benzene rings is 2. The third-order valence-corrected chi connectivity index (χ3v) is 3.71. The second-order valence-electron chi connectivity index (χ2n) is 8.28. The van der Waals surface area contributed by atoms with E-state index in [1.165, 1.54) is 16.7 Å². The number of hydrogen-bond donors (Lipinski definition) is 0. The van der Waals surface area contributed by atoms with Gasteiger partial charge in [0.2, 0.25) is 0 Å². The standard InChI is InChI=1S/C12H18.C9H12.C4H10/c1-9(2)11-6-5-7-12(8-11)10(3)4;1-8(2)9-6-4-3-5-7-9;1-4(2)3/h5-10H,1-4H3;3-8H,1-2H3;4H,1-3H3. The van der Waals surface area contributed by atoms with E-state index in [-0.39, 0.29) is 0 Å². The topological polar surface area (TPSA) is 0 Å². The summed E-state index contributed by atoms with van der Waals surface area (Å²) in [7, 11) is 0. The van der Waals surface area contributed by atoms with Crippen molar-refractivity contribution < 1.29 is 0 Å². The number of hydrogen-bond acceptors (Lipinski definition) is 0. The predicted octanol–water partition coefficient (Wildman–Crippen LogP) is 8.41. The summed E-state index contributed by atoms with van der Waals surface area (Å²) in [4.78, 5) is 0. The van der Waals surface area contributed by atoms with Gasteiger partial charge in [0.05, 0.1) is 0 Å². The molecule has 0 saturated heterocycles. The molecule has 2 aromatic rings. The smallest absolute Gasteiger partial charge is 0.0219 e. The van der Waals surface area contributed by atoms with E-state index >= 15 is 0 Å². The molecule has 0 heterocycles. The van der Waals surface area contributed by atoms with E-state index in [9.17, 15) is 0 Å². The molecule has 0 aromatic heterocycles. The lowest BCUT2D eigenvalue weighted by Gasteiger charge is -2.09. The summed E-state index contributed by atoms with van der Waals surface area (Å²) in [6.45, 7) is 19.8. The van der Waals surface area contributed by atoms with Gasteiger partial charge in [-0.2, -0.15) is 0 Å². The first-order chi connectivity index (χ1) is 11.6. The van der Waals surface area contributed by atoms with Crippen molar-refractivity contribution in [1.29, 1.82) is 0 Å². The molecule has 2 rings (SSSR count). The Bertz CT molecular complexity index is 521. The second kappa shape index (κ2) is 12.8. The molecule has 0 nitrogen and oxygen atoms in total. The van der Waals surface area contributed by atoms with Crippen molar-refractivity contribution in [2.24, 2.45) is 5.92 Å². The summed E-state index contributed by atoms with van der Waals surface area (Å²) in [5, 5.41) is 0. The van der Waals surface area contributed by atoms with Crippen LogP contribution in [0.4, 0.5) is 0 Å². The molecular weight excluding hydrogens is 300 g/mol. The van der Waals surface area contributed by atoms with Gasteiger partial charge >= 0.3 is 0 Å². The molecule has 2 aromatic carbocycles.